The molecule has 0 amide bonds. The predicted molar refractivity (Wildman–Crippen MR) is 79.1 cm³/mol. The van der Waals surface area contributed by atoms with Crippen molar-refractivity contribution < 1.29 is 19.1 Å². The first kappa shape index (κ1) is 15.4. The van der Waals surface area contributed by atoms with Gasteiger partial charge in [0.1, 0.15) is 9.02 Å². The van der Waals surface area contributed by atoms with Gasteiger partial charge in [0.15, 0.2) is 0 Å². The van der Waals surface area contributed by atoms with Gasteiger partial charge in [-0.15, -0.1) is 0 Å². The van der Waals surface area contributed by atoms with Crippen molar-refractivity contribution in [2.45, 2.75) is 39.8 Å². The first-order chi connectivity index (χ1) is 7.67. The largest absolute Gasteiger partial charge is 0.465 e. The maximum Gasteiger partial charge on any atom is 0.324 e. The van der Waals surface area contributed by atoms with E-state index in [1.165, 1.54) is 0 Å². The number of rotatable bonds is 3. The highest BCUT2D eigenvalue weighted by atomic mass is 127. The van der Waals surface area contributed by atoms with Crippen LogP contribution in [0.25, 0.3) is 0 Å². The van der Waals surface area contributed by atoms with Crippen LogP contribution in [0, 0.1) is 0 Å². The summed E-state index contributed by atoms with van der Waals surface area (Å²) >= 11 is 3.96. The van der Waals surface area contributed by atoms with E-state index in [-0.39, 0.29) is 23.0 Å². The van der Waals surface area contributed by atoms with Crippen molar-refractivity contribution in [1.82, 2.24) is 0 Å². The monoisotopic (exact) mass is 467 g/mol. The summed E-state index contributed by atoms with van der Waals surface area (Å²) in [5, 5.41) is 0. The Labute approximate surface area is 127 Å². The summed E-state index contributed by atoms with van der Waals surface area (Å²) in [5.74, 6) is -0.724. The van der Waals surface area contributed by atoms with Crippen LogP contribution in [-0.4, -0.2) is 31.6 Å². The lowest BCUT2D eigenvalue weighted by Crippen LogP contribution is -2.49. The van der Waals surface area contributed by atoms with E-state index in [1.54, 1.807) is 13.8 Å². The van der Waals surface area contributed by atoms with Gasteiger partial charge >= 0.3 is 11.9 Å². The van der Waals surface area contributed by atoms with Gasteiger partial charge in [0, 0.05) is 6.42 Å². The quantitative estimate of drug-likeness (QED) is 0.295. The molecular weight excluding hydrogens is 452 g/mol. The number of nitrogens with two attached hydrogens (primary N) is 1. The molecule has 1 aliphatic rings. The molecule has 0 aromatic heterocycles. The molecule has 1 aliphatic heterocycles. The zero-order valence-electron chi connectivity index (χ0n) is 9.66. The van der Waals surface area contributed by atoms with Crippen LogP contribution in [0.2, 0.25) is 0 Å². The Morgan fingerprint density at radius 3 is 2.76 bits per heavy atom. The molecule has 0 radical (unpaired) electrons. The van der Waals surface area contributed by atoms with Crippen molar-refractivity contribution in [3.63, 3.8) is 0 Å². The van der Waals surface area contributed by atoms with Gasteiger partial charge in [-0.3, -0.25) is 9.59 Å². The smallest absolute Gasteiger partial charge is 0.324 e. The SMILES string of the molecule is CC1(OC(=O)C(C)(I)C(N)I)CCOC(=O)C1. The highest BCUT2D eigenvalue weighted by molar-refractivity contribution is 14.1. The second-order valence-electron chi connectivity index (χ2n) is 4.46. The molecule has 0 aliphatic carbocycles. The van der Waals surface area contributed by atoms with Crippen LogP contribution < -0.4 is 5.73 Å². The van der Waals surface area contributed by atoms with Crippen LogP contribution in [0.5, 0.6) is 0 Å². The lowest BCUT2D eigenvalue weighted by atomic mass is 9.96. The van der Waals surface area contributed by atoms with Crippen molar-refractivity contribution >= 4 is 57.1 Å². The second kappa shape index (κ2) is 5.55. The van der Waals surface area contributed by atoms with Gasteiger partial charge in [-0.2, -0.15) is 0 Å². The third-order valence-corrected chi connectivity index (χ3v) is 6.22. The molecule has 1 rings (SSSR count). The van der Waals surface area contributed by atoms with E-state index in [2.05, 4.69) is 0 Å². The number of cyclic esters (lactones) is 1. The number of hydrogen-bond acceptors (Lipinski definition) is 5. The average molecular weight is 467 g/mol. The number of esters is 2. The third-order valence-electron chi connectivity index (χ3n) is 2.67. The molecule has 3 unspecified atom stereocenters. The first-order valence-corrected chi connectivity index (χ1v) is 7.47. The van der Waals surface area contributed by atoms with Gasteiger partial charge in [0.25, 0.3) is 0 Å². The topological polar surface area (TPSA) is 78.6 Å². The third kappa shape index (κ3) is 3.91. The van der Waals surface area contributed by atoms with Crippen LogP contribution in [0.15, 0.2) is 0 Å². The van der Waals surface area contributed by atoms with E-state index < -0.39 is 15.0 Å². The summed E-state index contributed by atoms with van der Waals surface area (Å²) in [4.78, 5) is 23.2. The first-order valence-electron chi connectivity index (χ1n) is 5.15. The molecule has 1 saturated heterocycles. The summed E-state index contributed by atoms with van der Waals surface area (Å²) in [6.45, 7) is 3.76. The van der Waals surface area contributed by atoms with Crippen LogP contribution in [0.3, 0.4) is 0 Å². The number of carbonyl (C=O) groups is 2. The van der Waals surface area contributed by atoms with Crippen molar-refractivity contribution in [3.8, 4) is 0 Å². The van der Waals surface area contributed by atoms with Gasteiger partial charge in [-0.25, -0.2) is 0 Å². The summed E-state index contributed by atoms with van der Waals surface area (Å²) < 4.78 is 9.12. The van der Waals surface area contributed by atoms with Gasteiger partial charge in [-0.05, 0) is 13.8 Å². The number of alkyl halides is 2. The molecule has 7 heteroatoms. The fourth-order valence-corrected chi connectivity index (χ4v) is 1.71. The number of hydrogen-bond donors (Lipinski definition) is 1. The maximum absolute atomic E-state index is 12.0. The second-order valence-corrected chi connectivity index (χ2v) is 8.05. The maximum atomic E-state index is 12.0. The molecule has 0 aromatic rings. The van der Waals surface area contributed by atoms with Gasteiger partial charge in [-0.1, -0.05) is 45.2 Å². The molecular formula is C10H15I2NO4. The standard InChI is InChI=1S/C10H15I2NO4/c1-9(3-4-16-6(14)5-9)17-8(15)10(2,12)7(11)13/h7H,3-5,13H2,1-2H3. The predicted octanol–water partition coefficient (Wildman–Crippen LogP) is 1.54. The molecule has 98 valence electrons. The van der Waals surface area contributed by atoms with Gasteiger partial charge < -0.3 is 15.2 Å². The van der Waals surface area contributed by atoms with Crippen molar-refractivity contribution in [1.29, 1.82) is 0 Å². The van der Waals surface area contributed by atoms with Crippen LogP contribution in [-0.2, 0) is 19.1 Å². The molecule has 0 spiro atoms. The Bertz CT molecular complexity index is 332. The molecule has 0 aromatic carbocycles. The fraction of sp³-hybridized carbons (Fsp3) is 0.800. The van der Waals surface area contributed by atoms with E-state index in [4.69, 9.17) is 15.2 Å². The van der Waals surface area contributed by atoms with E-state index in [0.29, 0.717) is 6.42 Å². The summed E-state index contributed by atoms with van der Waals surface area (Å²) in [7, 11) is 0. The molecule has 3 atom stereocenters. The minimum absolute atomic E-state index is 0.0992. The lowest BCUT2D eigenvalue weighted by Gasteiger charge is -2.35. The number of carbonyl (C=O) groups excluding carboxylic acids is 2. The highest BCUT2D eigenvalue weighted by Crippen LogP contribution is 2.32. The Morgan fingerprint density at radius 1 is 1.71 bits per heavy atom. The van der Waals surface area contributed by atoms with E-state index in [0.717, 1.165) is 0 Å². The molecule has 2 N–H and O–H groups in total. The zero-order valence-corrected chi connectivity index (χ0v) is 14.0. The summed E-state index contributed by atoms with van der Waals surface area (Å²) in [5.41, 5.74) is 4.96. The lowest BCUT2D eigenvalue weighted by molar-refractivity contribution is -0.176. The molecule has 1 fully saturated rings. The normalized spacial score (nSPS) is 30.1. The fourth-order valence-electron chi connectivity index (χ4n) is 1.35. The minimum Gasteiger partial charge on any atom is -0.465 e. The molecule has 1 heterocycles. The number of ether oxygens (including phenoxy) is 2. The minimum atomic E-state index is -0.803. The number of halogens is 2. The Hall–Kier alpha value is 0.360. The summed E-state index contributed by atoms with van der Waals surface area (Å²) in [6.07, 6.45) is 0.621. The molecule has 17 heavy (non-hydrogen) atoms. The Balaban J connectivity index is 2.70. The average Bonchev–Trinajstić information content (AvgIpc) is 2.15. The van der Waals surface area contributed by atoms with Crippen molar-refractivity contribution in [2.75, 3.05) is 6.61 Å². The van der Waals surface area contributed by atoms with E-state index >= 15 is 0 Å². The molecule has 5 nitrogen and oxygen atoms in total. The van der Waals surface area contributed by atoms with Crippen LogP contribution >= 0.6 is 45.2 Å². The molecule has 0 bridgehead atoms. The van der Waals surface area contributed by atoms with Crippen molar-refractivity contribution in [2.24, 2.45) is 5.73 Å². The van der Waals surface area contributed by atoms with E-state index in [1.807, 2.05) is 45.2 Å². The Kier molecular flexibility index (Phi) is 5.04. The Morgan fingerprint density at radius 2 is 2.29 bits per heavy atom. The zero-order chi connectivity index (χ0) is 13.3. The highest BCUT2D eigenvalue weighted by Gasteiger charge is 2.43. The van der Waals surface area contributed by atoms with E-state index in [9.17, 15) is 9.59 Å². The van der Waals surface area contributed by atoms with Gasteiger partial charge in [0.2, 0.25) is 0 Å². The van der Waals surface area contributed by atoms with Gasteiger partial charge in [0.05, 0.1) is 17.1 Å². The van der Waals surface area contributed by atoms with Crippen LogP contribution in [0.4, 0.5) is 0 Å². The summed E-state index contributed by atoms with van der Waals surface area (Å²) in [6, 6.07) is 0. The molecule has 0 saturated carbocycles. The van der Waals surface area contributed by atoms with Crippen LogP contribution in [0.1, 0.15) is 26.7 Å². The van der Waals surface area contributed by atoms with Crippen molar-refractivity contribution in [3.05, 3.63) is 0 Å².